The Morgan fingerprint density at radius 1 is 1.27 bits per heavy atom. The average Bonchev–Trinajstić information content (AvgIpc) is 2.49. The fraction of sp³-hybridized carbons (Fsp3) is 0.778. The lowest BCUT2D eigenvalue weighted by atomic mass is 10.2. The van der Waals surface area contributed by atoms with Gasteiger partial charge in [0.15, 0.2) is 0 Å². The molecule has 6 heteroatoms. The van der Waals surface area contributed by atoms with Gasteiger partial charge in [0, 0.05) is 0 Å². The van der Waals surface area contributed by atoms with E-state index < -0.39 is 0 Å². The van der Waals surface area contributed by atoms with Gasteiger partial charge >= 0.3 is 0 Å². The van der Waals surface area contributed by atoms with E-state index in [1.807, 2.05) is 20.8 Å². The maximum Gasteiger partial charge on any atom is 0.207 e. The fourth-order valence-electron chi connectivity index (χ4n) is 0.858. The molecule has 0 N–H and O–H groups in total. The van der Waals surface area contributed by atoms with Gasteiger partial charge in [0.25, 0.3) is 0 Å². The van der Waals surface area contributed by atoms with E-state index in [1.54, 1.807) is 0 Å². The molecular formula is C9H15ClN2O2S. The van der Waals surface area contributed by atoms with E-state index in [0.717, 1.165) is 5.01 Å². The van der Waals surface area contributed by atoms with Crippen molar-refractivity contribution in [2.24, 2.45) is 0 Å². The lowest BCUT2D eigenvalue weighted by Gasteiger charge is -2.19. The lowest BCUT2D eigenvalue weighted by Crippen LogP contribution is -2.21. The summed E-state index contributed by atoms with van der Waals surface area (Å²) in [5.41, 5.74) is -0.116. The van der Waals surface area contributed by atoms with Crippen LogP contribution in [0.4, 0.5) is 0 Å². The molecule has 0 fully saturated rings. The van der Waals surface area contributed by atoms with Gasteiger partial charge in [-0.2, -0.15) is 0 Å². The molecule has 0 saturated heterocycles. The van der Waals surface area contributed by atoms with Crippen LogP contribution in [0.1, 0.15) is 25.8 Å². The van der Waals surface area contributed by atoms with E-state index in [0.29, 0.717) is 24.3 Å². The topological polar surface area (TPSA) is 44.2 Å². The molecule has 0 bridgehead atoms. The zero-order chi connectivity index (χ0) is 11.3. The zero-order valence-electron chi connectivity index (χ0n) is 9.12. The Morgan fingerprint density at radius 3 is 2.53 bits per heavy atom. The van der Waals surface area contributed by atoms with Crippen LogP contribution in [0, 0.1) is 0 Å². The van der Waals surface area contributed by atoms with Crippen LogP contribution in [0.2, 0.25) is 4.47 Å². The van der Waals surface area contributed by atoms with E-state index in [2.05, 4.69) is 10.2 Å². The van der Waals surface area contributed by atoms with Gasteiger partial charge in [-0.25, -0.2) is 0 Å². The monoisotopic (exact) mass is 250 g/mol. The van der Waals surface area contributed by atoms with Crippen LogP contribution in [0.3, 0.4) is 0 Å². The number of nitrogens with zero attached hydrogens (tertiary/aromatic N) is 2. The van der Waals surface area contributed by atoms with Crippen LogP contribution < -0.4 is 0 Å². The summed E-state index contributed by atoms with van der Waals surface area (Å²) in [6.07, 6.45) is 0. The second kappa shape index (κ2) is 5.75. The summed E-state index contributed by atoms with van der Waals surface area (Å²) >= 11 is 6.95. The Balaban J connectivity index is 2.07. The average molecular weight is 251 g/mol. The Hall–Kier alpha value is -0.230. The van der Waals surface area contributed by atoms with Gasteiger partial charge in [-0.3, -0.25) is 0 Å². The van der Waals surface area contributed by atoms with Gasteiger partial charge in [0.1, 0.15) is 11.6 Å². The molecule has 15 heavy (non-hydrogen) atoms. The van der Waals surface area contributed by atoms with Crippen molar-refractivity contribution >= 4 is 22.9 Å². The minimum atomic E-state index is -0.116. The third-order valence-electron chi connectivity index (χ3n) is 1.43. The Kier molecular flexibility index (Phi) is 4.92. The van der Waals surface area contributed by atoms with Crippen LogP contribution in [-0.2, 0) is 16.1 Å². The number of aromatic nitrogens is 2. The predicted octanol–water partition coefficient (Wildman–Crippen LogP) is 2.52. The molecule has 0 aliphatic carbocycles. The minimum Gasteiger partial charge on any atom is -0.373 e. The third kappa shape index (κ3) is 6.04. The molecule has 1 aromatic rings. The predicted molar refractivity (Wildman–Crippen MR) is 60.3 cm³/mol. The highest BCUT2D eigenvalue weighted by molar-refractivity contribution is 7.15. The first kappa shape index (κ1) is 12.8. The maximum atomic E-state index is 5.62. The SMILES string of the molecule is CC(C)(C)OCCOCc1nnc(Cl)s1. The summed E-state index contributed by atoms with van der Waals surface area (Å²) in [5.74, 6) is 0. The molecule has 0 aliphatic heterocycles. The molecular weight excluding hydrogens is 236 g/mol. The van der Waals surface area contributed by atoms with Gasteiger partial charge in [0.05, 0.1) is 18.8 Å². The second-order valence-electron chi connectivity index (χ2n) is 3.96. The molecule has 0 aromatic carbocycles. The van der Waals surface area contributed by atoms with Crippen LogP contribution in [0.5, 0.6) is 0 Å². The number of halogens is 1. The molecule has 1 rings (SSSR count). The summed E-state index contributed by atoms with van der Waals surface area (Å²) in [6.45, 7) is 7.61. The molecule has 0 unspecified atom stereocenters. The van der Waals surface area contributed by atoms with E-state index in [-0.39, 0.29) is 5.60 Å². The standard InChI is InChI=1S/C9H15ClN2O2S/c1-9(2,3)14-5-4-13-6-7-11-12-8(10)15-7/h4-6H2,1-3H3. The highest BCUT2D eigenvalue weighted by Gasteiger charge is 2.09. The van der Waals surface area contributed by atoms with Crippen molar-refractivity contribution in [3.63, 3.8) is 0 Å². The van der Waals surface area contributed by atoms with Crippen LogP contribution in [0.15, 0.2) is 0 Å². The van der Waals surface area contributed by atoms with E-state index in [4.69, 9.17) is 21.1 Å². The van der Waals surface area contributed by atoms with Gasteiger partial charge < -0.3 is 9.47 Å². The summed E-state index contributed by atoms with van der Waals surface area (Å²) in [6, 6.07) is 0. The molecule has 1 aromatic heterocycles. The molecule has 0 spiro atoms. The summed E-state index contributed by atoms with van der Waals surface area (Å²) in [7, 11) is 0. The second-order valence-corrected chi connectivity index (χ2v) is 5.61. The van der Waals surface area contributed by atoms with E-state index in [1.165, 1.54) is 11.3 Å². The van der Waals surface area contributed by atoms with E-state index >= 15 is 0 Å². The van der Waals surface area contributed by atoms with Crippen LogP contribution >= 0.6 is 22.9 Å². The Morgan fingerprint density at radius 2 is 2.00 bits per heavy atom. The normalized spacial score (nSPS) is 12.0. The number of ether oxygens (including phenoxy) is 2. The highest BCUT2D eigenvalue weighted by Crippen LogP contribution is 2.15. The molecule has 1 heterocycles. The summed E-state index contributed by atoms with van der Waals surface area (Å²) in [5, 5.41) is 8.30. The smallest absolute Gasteiger partial charge is 0.207 e. The molecule has 0 radical (unpaired) electrons. The highest BCUT2D eigenvalue weighted by atomic mass is 35.5. The Bertz CT molecular complexity index is 299. The zero-order valence-corrected chi connectivity index (χ0v) is 10.7. The largest absolute Gasteiger partial charge is 0.373 e. The van der Waals surface area contributed by atoms with Gasteiger partial charge in [-0.05, 0) is 32.4 Å². The first-order valence-corrected chi connectivity index (χ1v) is 5.86. The van der Waals surface area contributed by atoms with Crippen molar-refractivity contribution in [3.05, 3.63) is 9.47 Å². The van der Waals surface area contributed by atoms with Crippen molar-refractivity contribution < 1.29 is 9.47 Å². The van der Waals surface area contributed by atoms with Crippen molar-refractivity contribution in [1.82, 2.24) is 10.2 Å². The molecule has 4 nitrogen and oxygen atoms in total. The van der Waals surface area contributed by atoms with Gasteiger partial charge in [-0.1, -0.05) is 11.3 Å². The molecule has 0 saturated carbocycles. The van der Waals surface area contributed by atoms with Crippen LogP contribution in [-0.4, -0.2) is 29.0 Å². The van der Waals surface area contributed by atoms with Gasteiger partial charge in [-0.15, -0.1) is 10.2 Å². The van der Waals surface area contributed by atoms with Crippen molar-refractivity contribution in [2.45, 2.75) is 33.0 Å². The fourth-order valence-corrected chi connectivity index (χ4v) is 1.66. The minimum absolute atomic E-state index is 0.116. The third-order valence-corrected chi connectivity index (χ3v) is 2.42. The first-order valence-electron chi connectivity index (χ1n) is 4.67. The lowest BCUT2D eigenvalue weighted by molar-refractivity contribution is -0.0377. The molecule has 86 valence electrons. The van der Waals surface area contributed by atoms with Crippen molar-refractivity contribution in [3.8, 4) is 0 Å². The quantitative estimate of drug-likeness (QED) is 0.754. The summed E-state index contributed by atoms with van der Waals surface area (Å²) < 4.78 is 11.3. The number of hydrogen-bond acceptors (Lipinski definition) is 5. The number of rotatable bonds is 5. The molecule has 0 aliphatic rings. The van der Waals surface area contributed by atoms with Crippen molar-refractivity contribution in [2.75, 3.05) is 13.2 Å². The summed E-state index contributed by atoms with van der Waals surface area (Å²) in [4.78, 5) is 0. The van der Waals surface area contributed by atoms with Crippen LogP contribution in [0.25, 0.3) is 0 Å². The first-order chi connectivity index (χ1) is 6.97. The van der Waals surface area contributed by atoms with Gasteiger partial charge in [0.2, 0.25) is 4.47 Å². The van der Waals surface area contributed by atoms with E-state index in [9.17, 15) is 0 Å². The number of hydrogen-bond donors (Lipinski definition) is 0. The maximum absolute atomic E-state index is 5.62. The Labute approximate surface area is 98.6 Å². The molecule has 0 amide bonds. The molecule has 0 atom stereocenters. The van der Waals surface area contributed by atoms with Crippen molar-refractivity contribution in [1.29, 1.82) is 0 Å².